The maximum absolute atomic E-state index is 13.7. The predicted octanol–water partition coefficient (Wildman–Crippen LogP) is 3.52. The number of halogens is 3. The molecule has 0 radical (unpaired) electrons. The minimum atomic E-state index is -4.49. The molecule has 2 unspecified atom stereocenters. The van der Waals surface area contributed by atoms with E-state index in [0.717, 1.165) is 21.5 Å². The molecule has 3 heterocycles. The van der Waals surface area contributed by atoms with Crippen LogP contribution < -0.4 is 10.6 Å². The lowest BCUT2D eigenvalue weighted by atomic mass is 9.97. The van der Waals surface area contributed by atoms with Gasteiger partial charge in [0, 0.05) is 37.8 Å². The van der Waals surface area contributed by atoms with Gasteiger partial charge in [0.2, 0.25) is 0 Å². The van der Waals surface area contributed by atoms with Crippen LogP contribution in [0.15, 0.2) is 42.6 Å². The van der Waals surface area contributed by atoms with Gasteiger partial charge in [-0.3, -0.25) is 9.48 Å². The fourth-order valence-corrected chi connectivity index (χ4v) is 3.68. The highest BCUT2D eigenvalue weighted by Crippen LogP contribution is 2.43. The zero-order chi connectivity index (χ0) is 21.5. The molecule has 10 heteroatoms. The van der Waals surface area contributed by atoms with Gasteiger partial charge >= 0.3 is 6.18 Å². The molecule has 7 nitrogen and oxygen atoms in total. The van der Waals surface area contributed by atoms with Gasteiger partial charge in [0.15, 0.2) is 11.7 Å². The average Bonchev–Trinajstić information content (AvgIpc) is 3.27. The number of benzene rings is 1. The van der Waals surface area contributed by atoms with Crippen LogP contribution in [0.2, 0.25) is 0 Å². The third kappa shape index (κ3) is 3.89. The summed E-state index contributed by atoms with van der Waals surface area (Å²) in [6.07, 6.45) is -2.92. The summed E-state index contributed by atoms with van der Waals surface area (Å²) in [6.45, 7) is 2.03. The number of anilines is 1. The SMILES string of the molecule is Cc1nn(C)cc1CNC(=O)c1cc2n(n1)C(C(F)(F)F)CC(c1ccccc1)N2. The smallest absolute Gasteiger partial charge is 0.363 e. The van der Waals surface area contributed by atoms with E-state index in [9.17, 15) is 18.0 Å². The van der Waals surface area contributed by atoms with Gasteiger partial charge in [-0.15, -0.1) is 0 Å². The molecule has 2 aromatic heterocycles. The average molecular weight is 418 g/mol. The van der Waals surface area contributed by atoms with Gasteiger partial charge in [-0.2, -0.15) is 23.4 Å². The fraction of sp³-hybridized carbons (Fsp3) is 0.350. The summed E-state index contributed by atoms with van der Waals surface area (Å²) in [5.74, 6) is -0.376. The fourth-order valence-electron chi connectivity index (χ4n) is 3.68. The molecule has 1 aromatic carbocycles. The summed E-state index contributed by atoms with van der Waals surface area (Å²) in [6, 6.07) is 7.94. The van der Waals surface area contributed by atoms with Crippen molar-refractivity contribution in [2.45, 2.75) is 38.1 Å². The molecule has 1 aliphatic rings. The molecule has 30 heavy (non-hydrogen) atoms. The third-order valence-electron chi connectivity index (χ3n) is 5.18. The first-order valence-corrected chi connectivity index (χ1v) is 9.47. The Labute approximate surface area is 170 Å². The third-order valence-corrected chi connectivity index (χ3v) is 5.18. The normalized spacial score (nSPS) is 18.6. The summed E-state index contributed by atoms with van der Waals surface area (Å²) >= 11 is 0. The van der Waals surface area contributed by atoms with E-state index in [4.69, 9.17) is 0 Å². The zero-order valence-electron chi connectivity index (χ0n) is 16.4. The lowest BCUT2D eigenvalue weighted by Crippen LogP contribution is -2.35. The predicted molar refractivity (Wildman–Crippen MR) is 104 cm³/mol. The molecule has 4 rings (SSSR count). The number of carbonyl (C=O) groups is 1. The second-order valence-electron chi connectivity index (χ2n) is 7.36. The van der Waals surface area contributed by atoms with Crippen LogP contribution in [0.1, 0.15) is 45.8 Å². The molecule has 1 aliphatic heterocycles. The Morgan fingerprint density at radius 1 is 1.27 bits per heavy atom. The first kappa shape index (κ1) is 20.0. The molecular weight excluding hydrogens is 397 g/mol. The molecule has 0 spiro atoms. The lowest BCUT2D eigenvalue weighted by Gasteiger charge is -2.33. The van der Waals surface area contributed by atoms with Crippen molar-refractivity contribution in [1.82, 2.24) is 24.9 Å². The van der Waals surface area contributed by atoms with Crippen LogP contribution in [0.5, 0.6) is 0 Å². The number of fused-ring (bicyclic) bond motifs is 1. The second-order valence-corrected chi connectivity index (χ2v) is 7.36. The monoisotopic (exact) mass is 418 g/mol. The molecule has 0 aliphatic carbocycles. The summed E-state index contributed by atoms with van der Waals surface area (Å²) in [4.78, 5) is 12.5. The van der Waals surface area contributed by atoms with Crippen LogP contribution in [-0.4, -0.2) is 31.6 Å². The Kier molecular flexibility index (Phi) is 5.00. The number of rotatable bonds is 4. The topological polar surface area (TPSA) is 76.8 Å². The van der Waals surface area contributed by atoms with Gasteiger partial charge in [0.05, 0.1) is 11.7 Å². The Bertz CT molecular complexity index is 1060. The molecular formula is C20H21F3N6O. The van der Waals surface area contributed by atoms with E-state index in [-0.39, 0.29) is 24.5 Å². The Morgan fingerprint density at radius 2 is 2.00 bits per heavy atom. The van der Waals surface area contributed by atoms with E-state index in [1.165, 1.54) is 6.07 Å². The number of aromatic nitrogens is 4. The number of aryl methyl sites for hydroxylation is 2. The Hall–Kier alpha value is -3.30. The number of nitrogens with zero attached hydrogens (tertiary/aromatic N) is 4. The molecule has 158 valence electrons. The second kappa shape index (κ2) is 7.51. The van der Waals surface area contributed by atoms with Gasteiger partial charge in [0.25, 0.3) is 5.91 Å². The molecule has 1 amide bonds. The van der Waals surface area contributed by atoms with Gasteiger partial charge in [-0.1, -0.05) is 30.3 Å². The van der Waals surface area contributed by atoms with Gasteiger partial charge in [-0.25, -0.2) is 4.68 Å². The van der Waals surface area contributed by atoms with Crippen LogP contribution in [0.4, 0.5) is 19.0 Å². The van der Waals surface area contributed by atoms with E-state index >= 15 is 0 Å². The highest BCUT2D eigenvalue weighted by Gasteiger charge is 2.46. The number of alkyl halides is 3. The van der Waals surface area contributed by atoms with Crippen molar-refractivity contribution in [2.24, 2.45) is 7.05 Å². The summed E-state index contributed by atoms with van der Waals surface area (Å²) in [5, 5.41) is 13.9. The van der Waals surface area contributed by atoms with Crippen LogP contribution in [0, 0.1) is 6.92 Å². The van der Waals surface area contributed by atoms with Gasteiger partial charge < -0.3 is 10.6 Å². The van der Waals surface area contributed by atoms with E-state index in [1.54, 1.807) is 42.2 Å². The van der Waals surface area contributed by atoms with Gasteiger partial charge in [0.1, 0.15) is 5.82 Å². The highest BCUT2D eigenvalue weighted by molar-refractivity contribution is 5.93. The maximum atomic E-state index is 13.7. The number of hydrogen-bond acceptors (Lipinski definition) is 4. The van der Waals surface area contributed by atoms with E-state index < -0.39 is 24.2 Å². The molecule has 0 fully saturated rings. The first-order valence-electron chi connectivity index (χ1n) is 9.47. The molecule has 0 saturated heterocycles. The Morgan fingerprint density at radius 3 is 2.63 bits per heavy atom. The van der Waals surface area contributed by atoms with Gasteiger partial charge in [-0.05, 0) is 12.5 Å². The Balaban J connectivity index is 1.57. The molecule has 0 bridgehead atoms. The largest absolute Gasteiger partial charge is 0.410 e. The standard InChI is InChI=1S/C20H21F3N6O/c1-12-14(11-28(2)26-12)10-24-19(30)16-9-18-25-15(13-6-4-3-5-7-13)8-17(20(21,22)23)29(18)27-16/h3-7,9,11,15,17,25H,8,10H2,1-2H3,(H,24,30). The zero-order valence-corrected chi connectivity index (χ0v) is 16.4. The number of carbonyl (C=O) groups excluding carboxylic acids is 1. The van der Waals surface area contributed by atoms with Crippen molar-refractivity contribution < 1.29 is 18.0 Å². The van der Waals surface area contributed by atoms with Crippen molar-refractivity contribution in [3.8, 4) is 0 Å². The molecule has 3 aromatic rings. The van der Waals surface area contributed by atoms with Crippen LogP contribution >= 0.6 is 0 Å². The minimum absolute atomic E-state index is 0.0676. The number of nitrogens with one attached hydrogen (secondary N) is 2. The summed E-state index contributed by atoms with van der Waals surface area (Å²) in [5.41, 5.74) is 2.27. The lowest BCUT2D eigenvalue weighted by molar-refractivity contribution is -0.173. The van der Waals surface area contributed by atoms with Crippen LogP contribution in [0.3, 0.4) is 0 Å². The van der Waals surface area contributed by atoms with Crippen molar-refractivity contribution in [3.05, 3.63) is 65.1 Å². The molecule has 2 atom stereocenters. The van der Waals surface area contributed by atoms with E-state index in [2.05, 4.69) is 20.8 Å². The number of hydrogen-bond donors (Lipinski definition) is 2. The van der Waals surface area contributed by atoms with E-state index in [1.807, 2.05) is 13.0 Å². The van der Waals surface area contributed by atoms with Crippen molar-refractivity contribution in [3.63, 3.8) is 0 Å². The quantitative estimate of drug-likeness (QED) is 0.680. The van der Waals surface area contributed by atoms with Crippen molar-refractivity contribution >= 4 is 11.7 Å². The first-order chi connectivity index (χ1) is 14.2. The van der Waals surface area contributed by atoms with Crippen LogP contribution in [0.25, 0.3) is 0 Å². The summed E-state index contributed by atoms with van der Waals surface area (Å²) in [7, 11) is 1.77. The van der Waals surface area contributed by atoms with Crippen molar-refractivity contribution in [2.75, 3.05) is 5.32 Å². The van der Waals surface area contributed by atoms with E-state index in [0.29, 0.717) is 0 Å². The minimum Gasteiger partial charge on any atom is -0.363 e. The van der Waals surface area contributed by atoms with Crippen LogP contribution in [-0.2, 0) is 13.6 Å². The molecule has 0 saturated carbocycles. The molecule has 2 N–H and O–H groups in total. The highest BCUT2D eigenvalue weighted by atomic mass is 19.4. The van der Waals surface area contributed by atoms with Crippen molar-refractivity contribution in [1.29, 1.82) is 0 Å². The summed E-state index contributed by atoms with van der Waals surface area (Å²) < 4.78 is 43.7. The number of amides is 1. The maximum Gasteiger partial charge on any atom is 0.410 e.